The van der Waals surface area contributed by atoms with Gasteiger partial charge in [-0.25, -0.2) is 0 Å². The lowest BCUT2D eigenvalue weighted by molar-refractivity contribution is -0.139. The molecule has 0 bridgehead atoms. The van der Waals surface area contributed by atoms with Crippen molar-refractivity contribution in [2.24, 2.45) is 11.3 Å². The van der Waals surface area contributed by atoms with Crippen LogP contribution in [0, 0.1) is 11.3 Å². The van der Waals surface area contributed by atoms with E-state index in [0.717, 1.165) is 24.3 Å². The highest BCUT2D eigenvalue weighted by atomic mass is 19.4. The summed E-state index contributed by atoms with van der Waals surface area (Å²) in [5, 5.41) is 2.47. The van der Waals surface area contributed by atoms with Crippen molar-refractivity contribution in [3.8, 4) is 0 Å². The van der Waals surface area contributed by atoms with E-state index < -0.39 is 23.1 Å². The van der Waals surface area contributed by atoms with Crippen LogP contribution in [0.2, 0.25) is 0 Å². The minimum absolute atomic E-state index is 0.220. The van der Waals surface area contributed by atoms with Gasteiger partial charge in [-0.15, -0.1) is 0 Å². The third kappa shape index (κ3) is 4.06. The van der Waals surface area contributed by atoms with Crippen LogP contribution < -0.4 is 5.32 Å². The number of Topliss-reactive ketones (excluding diaryl/α,β-unsaturated/α-hetero) is 1. The van der Waals surface area contributed by atoms with Crippen LogP contribution in [0.3, 0.4) is 0 Å². The van der Waals surface area contributed by atoms with Crippen LogP contribution in [0.5, 0.6) is 0 Å². The molecule has 3 nitrogen and oxygen atoms in total. The van der Waals surface area contributed by atoms with Crippen LogP contribution in [0.1, 0.15) is 33.3 Å². The molecule has 1 N–H and O–H groups in total. The van der Waals surface area contributed by atoms with Crippen molar-refractivity contribution >= 4 is 17.4 Å². The van der Waals surface area contributed by atoms with E-state index in [1.54, 1.807) is 13.8 Å². The quantitative estimate of drug-likeness (QED) is 0.857. The van der Waals surface area contributed by atoms with E-state index in [-0.39, 0.29) is 17.4 Å². The molecule has 0 fully saturated rings. The Morgan fingerprint density at radius 2 is 1.52 bits per heavy atom. The number of hydrogen-bond acceptors (Lipinski definition) is 2. The van der Waals surface area contributed by atoms with Gasteiger partial charge >= 0.3 is 6.18 Å². The number of hydrogen-bond donors (Lipinski definition) is 1. The minimum Gasteiger partial charge on any atom is -0.325 e. The summed E-state index contributed by atoms with van der Waals surface area (Å²) in [6.45, 7) is 6.37. The van der Waals surface area contributed by atoms with Crippen LogP contribution in [0.4, 0.5) is 18.9 Å². The molecule has 0 saturated heterocycles. The first-order valence-corrected chi connectivity index (χ1v) is 6.49. The maximum atomic E-state index is 12.4. The van der Waals surface area contributed by atoms with Crippen molar-refractivity contribution in [3.05, 3.63) is 29.8 Å². The monoisotopic (exact) mass is 301 g/mol. The predicted molar refractivity (Wildman–Crippen MR) is 73.7 cm³/mol. The summed E-state index contributed by atoms with van der Waals surface area (Å²) in [5.41, 5.74) is -1.81. The second-order valence-electron chi connectivity index (χ2n) is 5.67. The summed E-state index contributed by atoms with van der Waals surface area (Å²) in [6.07, 6.45) is -4.42. The van der Waals surface area contributed by atoms with Crippen LogP contribution in [0.15, 0.2) is 24.3 Å². The molecule has 6 heteroatoms. The Labute approximate surface area is 121 Å². The molecular weight excluding hydrogens is 283 g/mol. The number of alkyl halides is 3. The number of carbonyl (C=O) groups excluding carboxylic acids is 2. The molecule has 1 aromatic carbocycles. The Hall–Kier alpha value is -1.85. The fourth-order valence-corrected chi connectivity index (χ4v) is 1.86. The summed E-state index contributed by atoms with van der Waals surface area (Å²) >= 11 is 0. The summed E-state index contributed by atoms with van der Waals surface area (Å²) in [5.74, 6) is -1.08. The normalized spacial score (nSPS) is 12.4. The van der Waals surface area contributed by atoms with Crippen LogP contribution >= 0.6 is 0 Å². The molecule has 0 aliphatic heterocycles. The van der Waals surface area contributed by atoms with Crippen LogP contribution in [-0.2, 0) is 15.8 Å². The first kappa shape index (κ1) is 17.2. The van der Waals surface area contributed by atoms with Crippen molar-refractivity contribution in [1.82, 2.24) is 0 Å². The molecule has 116 valence electrons. The molecule has 1 amide bonds. The Bertz CT molecular complexity index is 531. The third-order valence-electron chi connectivity index (χ3n) is 3.18. The van der Waals surface area contributed by atoms with Gasteiger partial charge in [0.15, 0.2) is 0 Å². The topological polar surface area (TPSA) is 46.2 Å². The van der Waals surface area contributed by atoms with E-state index in [0.29, 0.717) is 0 Å². The van der Waals surface area contributed by atoms with Gasteiger partial charge < -0.3 is 5.32 Å². The van der Waals surface area contributed by atoms with Gasteiger partial charge in [0, 0.05) is 11.6 Å². The maximum absolute atomic E-state index is 12.4. The number of benzene rings is 1. The Balaban J connectivity index is 2.87. The zero-order valence-electron chi connectivity index (χ0n) is 12.3. The maximum Gasteiger partial charge on any atom is 0.416 e. The number of ketones is 1. The summed E-state index contributed by atoms with van der Waals surface area (Å²) < 4.78 is 37.3. The zero-order valence-corrected chi connectivity index (χ0v) is 12.3. The largest absolute Gasteiger partial charge is 0.416 e. The summed E-state index contributed by atoms with van der Waals surface area (Å²) in [4.78, 5) is 24.1. The number of rotatable bonds is 4. The second kappa shape index (κ2) is 5.87. The molecule has 0 aliphatic rings. The first-order valence-electron chi connectivity index (χ1n) is 6.49. The molecule has 0 heterocycles. The third-order valence-corrected chi connectivity index (χ3v) is 3.18. The highest BCUT2D eigenvalue weighted by Gasteiger charge is 2.37. The lowest BCUT2D eigenvalue weighted by Gasteiger charge is -2.24. The Morgan fingerprint density at radius 3 is 1.90 bits per heavy atom. The van der Waals surface area contributed by atoms with Crippen molar-refractivity contribution in [2.45, 2.75) is 33.9 Å². The lowest BCUT2D eigenvalue weighted by atomic mass is 9.81. The van der Waals surface area contributed by atoms with Gasteiger partial charge in [-0.3, -0.25) is 9.59 Å². The number of nitrogens with one attached hydrogen (secondary N) is 1. The van der Waals surface area contributed by atoms with E-state index in [4.69, 9.17) is 0 Å². The van der Waals surface area contributed by atoms with Gasteiger partial charge in [0.25, 0.3) is 0 Å². The van der Waals surface area contributed by atoms with Crippen molar-refractivity contribution in [1.29, 1.82) is 0 Å². The molecular formula is C15H18F3NO2. The fraction of sp³-hybridized carbons (Fsp3) is 0.467. The predicted octanol–water partition coefficient (Wildman–Crippen LogP) is 3.90. The number of carbonyl (C=O) groups is 2. The first-order chi connectivity index (χ1) is 9.46. The average Bonchev–Trinajstić information content (AvgIpc) is 2.37. The molecule has 0 atom stereocenters. The van der Waals surface area contributed by atoms with Gasteiger partial charge in [0.1, 0.15) is 11.2 Å². The summed E-state index contributed by atoms with van der Waals surface area (Å²) in [6, 6.07) is 4.09. The van der Waals surface area contributed by atoms with Crippen molar-refractivity contribution < 1.29 is 22.8 Å². The van der Waals surface area contributed by atoms with E-state index in [1.807, 2.05) is 0 Å². The molecule has 0 aliphatic carbocycles. The molecule has 0 aromatic heterocycles. The molecule has 1 rings (SSSR count). The molecule has 0 unspecified atom stereocenters. The molecule has 0 radical (unpaired) electrons. The average molecular weight is 301 g/mol. The van der Waals surface area contributed by atoms with Crippen molar-refractivity contribution in [3.63, 3.8) is 0 Å². The molecule has 1 aromatic rings. The summed E-state index contributed by atoms with van der Waals surface area (Å²) in [7, 11) is 0. The molecule has 21 heavy (non-hydrogen) atoms. The van der Waals surface area contributed by atoms with Crippen molar-refractivity contribution in [2.75, 3.05) is 5.32 Å². The van der Waals surface area contributed by atoms with E-state index in [1.165, 1.54) is 13.8 Å². The smallest absolute Gasteiger partial charge is 0.325 e. The van der Waals surface area contributed by atoms with E-state index in [2.05, 4.69) is 5.32 Å². The zero-order chi connectivity index (χ0) is 16.4. The fourth-order valence-electron chi connectivity index (χ4n) is 1.86. The number of amides is 1. The van der Waals surface area contributed by atoms with Gasteiger partial charge in [0.05, 0.1) is 5.56 Å². The van der Waals surface area contributed by atoms with Gasteiger partial charge in [0.2, 0.25) is 5.91 Å². The van der Waals surface area contributed by atoms with Gasteiger partial charge in [-0.05, 0) is 38.1 Å². The Kier molecular flexibility index (Phi) is 4.81. The van der Waals surface area contributed by atoms with E-state index >= 15 is 0 Å². The minimum atomic E-state index is -4.42. The Morgan fingerprint density at radius 1 is 1.05 bits per heavy atom. The van der Waals surface area contributed by atoms with Crippen LogP contribution in [-0.4, -0.2) is 11.7 Å². The van der Waals surface area contributed by atoms with E-state index in [9.17, 15) is 22.8 Å². The number of halogens is 3. The second-order valence-corrected chi connectivity index (χ2v) is 5.67. The molecule has 0 spiro atoms. The SMILES string of the molecule is CC(C)C(=O)C(C)(C)C(=O)Nc1ccc(C(F)(F)F)cc1. The number of anilines is 1. The van der Waals surface area contributed by atoms with Crippen LogP contribution in [0.25, 0.3) is 0 Å². The highest BCUT2D eigenvalue weighted by molar-refractivity contribution is 6.11. The standard InChI is InChI=1S/C15H18F3NO2/c1-9(2)12(20)14(3,4)13(21)19-11-7-5-10(6-8-11)15(16,17)18/h5-9H,1-4H3,(H,19,21). The highest BCUT2D eigenvalue weighted by Crippen LogP contribution is 2.30. The molecule has 0 saturated carbocycles. The van der Waals surface area contributed by atoms with Gasteiger partial charge in [-0.2, -0.15) is 13.2 Å². The lowest BCUT2D eigenvalue weighted by Crippen LogP contribution is -2.40. The van der Waals surface area contributed by atoms with Gasteiger partial charge in [-0.1, -0.05) is 13.8 Å².